The second kappa shape index (κ2) is 6.19. The van der Waals surface area contributed by atoms with Gasteiger partial charge in [-0.1, -0.05) is 5.16 Å². The summed E-state index contributed by atoms with van der Waals surface area (Å²) in [5.74, 6) is 0.384. The number of piperazine rings is 1. The maximum Gasteiger partial charge on any atom is 0.228 e. The first-order chi connectivity index (χ1) is 9.87. The number of amides is 1. The van der Waals surface area contributed by atoms with Crippen molar-refractivity contribution in [2.45, 2.75) is 38.8 Å². The Labute approximate surface area is 125 Å². The van der Waals surface area contributed by atoms with Crippen LogP contribution in [-0.4, -0.2) is 71.2 Å². The molecule has 0 spiro atoms. The van der Waals surface area contributed by atoms with Crippen LogP contribution >= 0.6 is 0 Å². The van der Waals surface area contributed by atoms with Gasteiger partial charge < -0.3 is 20.6 Å². The molecule has 1 amide bonds. The first kappa shape index (κ1) is 16.0. The van der Waals surface area contributed by atoms with Gasteiger partial charge in [0.05, 0.1) is 17.6 Å². The number of amidine groups is 1. The molecule has 2 heterocycles. The number of ether oxygens (including phenoxy) is 1. The first-order valence-electron chi connectivity index (χ1n) is 7.51. The third-order valence-corrected chi connectivity index (χ3v) is 4.81. The van der Waals surface area contributed by atoms with E-state index in [9.17, 15) is 4.79 Å². The highest BCUT2D eigenvalue weighted by Crippen LogP contribution is 2.24. The van der Waals surface area contributed by atoms with E-state index in [-0.39, 0.29) is 23.8 Å². The molecule has 7 nitrogen and oxygen atoms in total. The summed E-state index contributed by atoms with van der Waals surface area (Å²) in [5, 5.41) is 12.0. The summed E-state index contributed by atoms with van der Waals surface area (Å²) in [6, 6.07) is 0. The summed E-state index contributed by atoms with van der Waals surface area (Å²) < 4.78 is 5.48. The summed E-state index contributed by atoms with van der Waals surface area (Å²) in [6.45, 7) is 9.27. The van der Waals surface area contributed by atoms with Crippen LogP contribution < -0.4 is 5.73 Å². The van der Waals surface area contributed by atoms with Crippen LogP contribution in [0.15, 0.2) is 5.16 Å². The van der Waals surface area contributed by atoms with Crippen molar-refractivity contribution in [3.8, 4) is 0 Å². The highest BCUT2D eigenvalue weighted by atomic mass is 16.5. The van der Waals surface area contributed by atoms with E-state index in [0.29, 0.717) is 19.7 Å². The number of hydrogen-bond donors (Lipinski definition) is 2. The lowest BCUT2D eigenvalue weighted by atomic mass is 9.98. The largest absolute Gasteiger partial charge is 0.409 e. The van der Waals surface area contributed by atoms with Crippen molar-refractivity contribution < 1.29 is 14.7 Å². The van der Waals surface area contributed by atoms with Crippen molar-refractivity contribution in [3.05, 3.63) is 0 Å². The Balaban J connectivity index is 1.93. The molecule has 120 valence electrons. The third kappa shape index (κ3) is 3.13. The highest BCUT2D eigenvalue weighted by Gasteiger charge is 2.38. The number of rotatable bonds is 3. The zero-order valence-electron chi connectivity index (χ0n) is 13.1. The smallest absolute Gasteiger partial charge is 0.228 e. The molecule has 2 aliphatic heterocycles. The lowest BCUT2D eigenvalue weighted by molar-refractivity contribution is -0.139. The topological polar surface area (TPSA) is 91.4 Å². The quantitative estimate of drug-likeness (QED) is 0.333. The molecule has 0 aliphatic carbocycles. The summed E-state index contributed by atoms with van der Waals surface area (Å²) >= 11 is 0. The Morgan fingerprint density at radius 2 is 1.95 bits per heavy atom. The molecule has 0 saturated carbocycles. The average molecular weight is 298 g/mol. The molecule has 2 atom stereocenters. The van der Waals surface area contributed by atoms with E-state index < -0.39 is 5.54 Å². The van der Waals surface area contributed by atoms with Crippen molar-refractivity contribution in [2.75, 3.05) is 32.8 Å². The first-order valence-corrected chi connectivity index (χ1v) is 7.51. The molecule has 2 fully saturated rings. The normalized spacial score (nSPS) is 28.9. The van der Waals surface area contributed by atoms with Gasteiger partial charge in [0.25, 0.3) is 0 Å². The SMILES string of the molecule is CC1OCCC1C(=O)N1CCN(C(C)(C)C(N)=NO)CC1. The van der Waals surface area contributed by atoms with Crippen LogP contribution in [0.4, 0.5) is 0 Å². The highest BCUT2D eigenvalue weighted by molar-refractivity contribution is 5.88. The number of hydrogen-bond acceptors (Lipinski definition) is 5. The number of nitrogens with two attached hydrogens (primary N) is 1. The molecule has 0 aromatic rings. The number of oxime groups is 1. The van der Waals surface area contributed by atoms with Gasteiger partial charge in [-0.2, -0.15) is 0 Å². The minimum Gasteiger partial charge on any atom is -0.409 e. The van der Waals surface area contributed by atoms with Gasteiger partial charge in [0.15, 0.2) is 5.84 Å². The Morgan fingerprint density at radius 3 is 2.43 bits per heavy atom. The fourth-order valence-electron chi connectivity index (χ4n) is 3.06. The van der Waals surface area contributed by atoms with Gasteiger partial charge in [0.2, 0.25) is 5.91 Å². The van der Waals surface area contributed by atoms with Crippen LogP contribution in [0.1, 0.15) is 27.2 Å². The third-order valence-electron chi connectivity index (χ3n) is 4.81. The monoisotopic (exact) mass is 298 g/mol. The minimum atomic E-state index is -0.506. The number of nitrogens with zero attached hydrogens (tertiary/aromatic N) is 3. The van der Waals surface area contributed by atoms with Crippen molar-refractivity contribution in [3.63, 3.8) is 0 Å². The molecule has 3 N–H and O–H groups in total. The zero-order valence-corrected chi connectivity index (χ0v) is 13.1. The molecule has 2 unspecified atom stereocenters. The van der Waals surface area contributed by atoms with Crippen LogP contribution in [0.25, 0.3) is 0 Å². The van der Waals surface area contributed by atoms with Crippen LogP contribution in [-0.2, 0) is 9.53 Å². The van der Waals surface area contributed by atoms with Gasteiger partial charge in [-0.3, -0.25) is 9.69 Å². The fourth-order valence-corrected chi connectivity index (χ4v) is 3.06. The predicted molar refractivity (Wildman–Crippen MR) is 79.2 cm³/mol. The number of carbonyl (C=O) groups is 1. The van der Waals surface area contributed by atoms with Gasteiger partial charge in [-0.05, 0) is 27.2 Å². The van der Waals surface area contributed by atoms with Crippen molar-refractivity contribution >= 4 is 11.7 Å². The summed E-state index contributed by atoms with van der Waals surface area (Å²) in [5.41, 5.74) is 5.25. The summed E-state index contributed by atoms with van der Waals surface area (Å²) in [6.07, 6.45) is 0.833. The second-order valence-electron chi connectivity index (χ2n) is 6.33. The lowest BCUT2D eigenvalue weighted by Gasteiger charge is -2.43. The van der Waals surface area contributed by atoms with Crippen LogP contribution in [0.3, 0.4) is 0 Å². The number of carbonyl (C=O) groups excluding carboxylic acids is 1. The van der Waals surface area contributed by atoms with Gasteiger partial charge >= 0.3 is 0 Å². The fraction of sp³-hybridized carbons (Fsp3) is 0.857. The van der Waals surface area contributed by atoms with Gasteiger partial charge in [0.1, 0.15) is 0 Å². The van der Waals surface area contributed by atoms with Crippen LogP contribution in [0, 0.1) is 5.92 Å². The molecule has 0 radical (unpaired) electrons. The molecule has 0 aromatic heterocycles. The van der Waals surface area contributed by atoms with Crippen LogP contribution in [0.2, 0.25) is 0 Å². The van der Waals surface area contributed by atoms with Crippen molar-refractivity contribution in [1.29, 1.82) is 0 Å². The molecule has 7 heteroatoms. The van der Waals surface area contributed by atoms with Gasteiger partial charge in [-0.25, -0.2) is 0 Å². The molecule has 21 heavy (non-hydrogen) atoms. The van der Waals surface area contributed by atoms with E-state index >= 15 is 0 Å². The molecule has 0 aromatic carbocycles. The van der Waals surface area contributed by atoms with Gasteiger partial charge in [0, 0.05) is 32.8 Å². The Hall–Kier alpha value is -1.34. The van der Waals surface area contributed by atoms with E-state index in [4.69, 9.17) is 15.7 Å². The predicted octanol–water partition coefficient (Wildman–Crippen LogP) is 0.0806. The molecular formula is C14H26N4O3. The van der Waals surface area contributed by atoms with Gasteiger partial charge in [-0.15, -0.1) is 0 Å². The van der Waals surface area contributed by atoms with E-state index in [1.165, 1.54) is 0 Å². The average Bonchev–Trinajstić information content (AvgIpc) is 2.91. The minimum absolute atomic E-state index is 0.00589. The maximum absolute atomic E-state index is 12.5. The Bertz CT molecular complexity index is 416. The van der Waals surface area contributed by atoms with E-state index in [2.05, 4.69) is 10.1 Å². The van der Waals surface area contributed by atoms with E-state index in [0.717, 1.165) is 19.5 Å². The molecule has 2 rings (SSSR count). The summed E-state index contributed by atoms with van der Waals surface area (Å²) in [7, 11) is 0. The Kier molecular flexibility index (Phi) is 4.73. The zero-order chi connectivity index (χ0) is 15.6. The second-order valence-corrected chi connectivity index (χ2v) is 6.33. The molecule has 2 aliphatic rings. The van der Waals surface area contributed by atoms with E-state index in [1.54, 1.807) is 0 Å². The van der Waals surface area contributed by atoms with Crippen molar-refractivity contribution in [1.82, 2.24) is 9.80 Å². The standard InChI is InChI=1S/C14H26N4O3/c1-10-11(4-9-21-10)12(19)17-5-7-18(8-6-17)14(2,3)13(15)16-20/h10-11,20H,4-9H2,1-3H3,(H2,15,16). The molecular weight excluding hydrogens is 272 g/mol. The van der Waals surface area contributed by atoms with Crippen LogP contribution in [0.5, 0.6) is 0 Å². The van der Waals surface area contributed by atoms with E-state index in [1.807, 2.05) is 25.7 Å². The maximum atomic E-state index is 12.5. The lowest BCUT2D eigenvalue weighted by Crippen LogP contribution is -2.61. The Morgan fingerprint density at radius 1 is 1.33 bits per heavy atom. The molecule has 0 bridgehead atoms. The summed E-state index contributed by atoms with van der Waals surface area (Å²) in [4.78, 5) is 16.5. The molecule has 2 saturated heterocycles. The van der Waals surface area contributed by atoms with Crippen molar-refractivity contribution in [2.24, 2.45) is 16.8 Å².